The standard InChI is InChI=1S/C8H7N2P.H3O3PS/c11-8-5-9-6-3-1-2-4-7(6)10-8;1-4(2,3)5/h1-5H,11H2;(H3,1,2,3,5). The van der Waals surface area contributed by atoms with Gasteiger partial charge in [0.1, 0.15) is 0 Å². The molecule has 0 saturated heterocycles. The number of hydrogen-bond acceptors (Lipinski definition) is 3. The maximum Gasteiger partial charge on any atom is 0.319 e. The van der Waals surface area contributed by atoms with Gasteiger partial charge in [-0.25, -0.2) is 4.98 Å². The van der Waals surface area contributed by atoms with Crippen molar-refractivity contribution in [2.45, 2.75) is 0 Å². The van der Waals surface area contributed by atoms with Crippen molar-refractivity contribution in [1.82, 2.24) is 9.97 Å². The van der Waals surface area contributed by atoms with Crippen LogP contribution in [-0.4, -0.2) is 24.6 Å². The summed E-state index contributed by atoms with van der Waals surface area (Å²) in [4.78, 5) is 31.1. The molecule has 2 rings (SSSR count). The zero-order valence-corrected chi connectivity index (χ0v) is 10.9. The Bertz CT molecular complexity index is 523. The Hall–Kier alpha value is -0.480. The largest absolute Gasteiger partial charge is 0.325 e. The van der Waals surface area contributed by atoms with Crippen LogP contribution in [0.15, 0.2) is 30.5 Å². The molecule has 86 valence electrons. The van der Waals surface area contributed by atoms with Crippen LogP contribution in [0.25, 0.3) is 11.0 Å². The van der Waals surface area contributed by atoms with Crippen LogP contribution in [0.5, 0.6) is 0 Å². The number of nitrogens with zero attached hydrogens (tertiary/aromatic N) is 2. The third-order valence-electron chi connectivity index (χ3n) is 1.47. The lowest BCUT2D eigenvalue weighted by atomic mass is 10.3. The first-order valence-electron chi connectivity index (χ1n) is 4.12. The zero-order valence-electron chi connectivity index (χ0n) is 8.06. The molecule has 0 aliphatic rings. The van der Waals surface area contributed by atoms with E-state index in [0.717, 1.165) is 16.5 Å². The maximum atomic E-state index is 7.56. The van der Waals surface area contributed by atoms with Gasteiger partial charge in [-0.05, 0) is 23.9 Å². The van der Waals surface area contributed by atoms with Gasteiger partial charge in [-0.15, -0.1) is 0 Å². The molecule has 1 aromatic heterocycles. The van der Waals surface area contributed by atoms with E-state index in [4.69, 9.17) is 14.7 Å². The van der Waals surface area contributed by atoms with Crippen molar-refractivity contribution in [1.29, 1.82) is 0 Å². The second kappa shape index (κ2) is 5.73. The summed E-state index contributed by atoms with van der Waals surface area (Å²) in [5, 5.41) is 0. The number of benzene rings is 1. The quantitative estimate of drug-likeness (QED) is 0.601. The Morgan fingerprint density at radius 1 is 1.12 bits per heavy atom. The van der Waals surface area contributed by atoms with Crippen LogP contribution in [0.1, 0.15) is 0 Å². The second-order valence-corrected chi connectivity index (χ2v) is 5.88. The van der Waals surface area contributed by atoms with Crippen molar-refractivity contribution >= 4 is 44.2 Å². The summed E-state index contributed by atoms with van der Waals surface area (Å²) in [5.41, 5.74) is 2.77. The molecule has 8 heteroatoms. The van der Waals surface area contributed by atoms with Gasteiger partial charge in [0.2, 0.25) is 0 Å². The SMILES string of the molecule is OP(O)(O)=S.Pc1cnc2ccccc2n1. The lowest BCUT2D eigenvalue weighted by Crippen LogP contribution is -1.98. The lowest BCUT2D eigenvalue weighted by Gasteiger charge is -1.94. The van der Waals surface area contributed by atoms with E-state index >= 15 is 0 Å². The molecule has 0 aliphatic heterocycles. The van der Waals surface area contributed by atoms with E-state index in [1.54, 1.807) is 6.20 Å². The molecule has 0 amide bonds. The minimum Gasteiger partial charge on any atom is -0.325 e. The van der Waals surface area contributed by atoms with Gasteiger partial charge in [0.25, 0.3) is 0 Å². The summed E-state index contributed by atoms with van der Waals surface area (Å²) in [6.45, 7) is -3.81. The number of aromatic nitrogens is 2. The van der Waals surface area contributed by atoms with Crippen LogP contribution in [0.4, 0.5) is 0 Å². The van der Waals surface area contributed by atoms with Crippen LogP contribution < -0.4 is 5.44 Å². The smallest absolute Gasteiger partial charge is 0.319 e. The van der Waals surface area contributed by atoms with Gasteiger partial charge in [-0.1, -0.05) is 21.4 Å². The lowest BCUT2D eigenvalue weighted by molar-refractivity contribution is 0.363. The van der Waals surface area contributed by atoms with Gasteiger partial charge < -0.3 is 14.7 Å². The van der Waals surface area contributed by atoms with Crippen LogP contribution >= 0.6 is 16.0 Å². The van der Waals surface area contributed by atoms with Crippen molar-refractivity contribution in [3.8, 4) is 0 Å². The molecule has 1 heterocycles. The third-order valence-corrected chi connectivity index (χ3v) is 1.75. The molecular formula is C8H10N2O3P2S. The molecule has 0 spiro atoms. The van der Waals surface area contributed by atoms with E-state index in [2.05, 4.69) is 31.0 Å². The van der Waals surface area contributed by atoms with Gasteiger partial charge in [0.05, 0.1) is 22.7 Å². The molecule has 3 N–H and O–H groups in total. The molecule has 0 fully saturated rings. The van der Waals surface area contributed by atoms with Crippen LogP contribution in [-0.2, 0) is 11.8 Å². The summed E-state index contributed by atoms with van der Waals surface area (Å²) < 4.78 is 0. The highest BCUT2D eigenvalue weighted by atomic mass is 32.5. The fourth-order valence-electron chi connectivity index (χ4n) is 0.972. The predicted octanol–water partition coefficient (Wildman–Crippen LogP) is 0.318. The number of fused-ring (bicyclic) bond motifs is 1. The van der Waals surface area contributed by atoms with Gasteiger partial charge in [-0.3, -0.25) is 4.98 Å². The monoisotopic (exact) mass is 276 g/mol. The van der Waals surface area contributed by atoms with Crippen molar-refractivity contribution < 1.29 is 14.7 Å². The first kappa shape index (κ1) is 13.6. The first-order chi connectivity index (χ1) is 7.36. The molecule has 1 atom stereocenters. The van der Waals surface area contributed by atoms with Crippen LogP contribution in [0.2, 0.25) is 0 Å². The molecule has 1 aromatic carbocycles. The normalized spacial score (nSPS) is 10.8. The Morgan fingerprint density at radius 3 is 2.19 bits per heavy atom. The Labute approximate surface area is 99.7 Å². The topological polar surface area (TPSA) is 86.5 Å². The van der Waals surface area contributed by atoms with E-state index in [1.807, 2.05) is 24.3 Å². The second-order valence-electron chi connectivity index (χ2n) is 2.80. The van der Waals surface area contributed by atoms with Crippen molar-refractivity contribution in [2.24, 2.45) is 0 Å². The molecule has 16 heavy (non-hydrogen) atoms. The van der Waals surface area contributed by atoms with E-state index < -0.39 is 6.72 Å². The van der Waals surface area contributed by atoms with Crippen molar-refractivity contribution in [3.63, 3.8) is 0 Å². The summed E-state index contributed by atoms with van der Waals surface area (Å²) in [5.74, 6) is 0. The highest BCUT2D eigenvalue weighted by molar-refractivity contribution is 8.06. The third kappa shape index (κ3) is 5.56. The van der Waals surface area contributed by atoms with Gasteiger partial charge >= 0.3 is 6.72 Å². The van der Waals surface area contributed by atoms with Crippen molar-refractivity contribution in [3.05, 3.63) is 30.5 Å². The van der Waals surface area contributed by atoms with Gasteiger partial charge in [-0.2, -0.15) is 0 Å². The maximum absolute atomic E-state index is 7.56. The van der Waals surface area contributed by atoms with E-state index in [0.29, 0.717) is 0 Å². The Morgan fingerprint density at radius 2 is 1.62 bits per heavy atom. The minimum atomic E-state index is -3.81. The summed E-state index contributed by atoms with van der Waals surface area (Å²) in [6.07, 6.45) is 1.74. The first-order valence-corrected chi connectivity index (χ1v) is 7.35. The predicted molar refractivity (Wildman–Crippen MR) is 69.8 cm³/mol. The highest BCUT2D eigenvalue weighted by Gasteiger charge is 1.93. The number of rotatable bonds is 0. The number of para-hydroxylation sites is 2. The molecule has 0 radical (unpaired) electrons. The Balaban J connectivity index is 0.000000221. The van der Waals surface area contributed by atoms with E-state index in [9.17, 15) is 0 Å². The minimum absolute atomic E-state index is 0.878. The highest BCUT2D eigenvalue weighted by Crippen LogP contribution is 2.26. The number of hydrogen-bond donors (Lipinski definition) is 3. The Kier molecular flexibility index (Phi) is 4.87. The van der Waals surface area contributed by atoms with E-state index in [-0.39, 0.29) is 0 Å². The summed E-state index contributed by atoms with van der Waals surface area (Å²) in [7, 11) is 2.53. The fourth-order valence-corrected chi connectivity index (χ4v) is 1.19. The van der Waals surface area contributed by atoms with E-state index in [1.165, 1.54) is 0 Å². The van der Waals surface area contributed by atoms with Gasteiger partial charge in [0.15, 0.2) is 0 Å². The molecule has 0 saturated carbocycles. The molecular weight excluding hydrogens is 266 g/mol. The molecule has 1 unspecified atom stereocenters. The molecule has 5 nitrogen and oxygen atoms in total. The molecule has 0 bridgehead atoms. The average molecular weight is 276 g/mol. The van der Waals surface area contributed by atoms with Crippen molar-refractivity contribution in [2.75, 3.05) is 0 Å². The van der Waals surface area contributed by atoms with Crippen LogP contribution in [0, 0.1) is 0 Å². The zero-order chi connectivity index (χ0) is 12.2. The fraction of sp³-hybridized carbons (Fsp3) is 0. The molecule has 2 aromatic rings. The van der Waals surface area contributed by atoms with Crippen LogP contribution in [0.3, 0.4) is 0 Å². The summed E-state index contributed by atoms with van der Waals surface area (Å²) >= 11 is 3.60. The van der Waals surface area contributed by atoms with Gasteiger partial charge in [0, 0.05) is 0 Å². The summed E-state index contributed by atoms with van der Waals surface area (Å²) in [6, 6.07) is 7.82. The average Bonchev–Trinajstić information content (AvgIpc) is 2.15. The molecule has 0 aliphatic carbocycles.